The maximum Gasteiger partial charge on any atom is 0.339 e. The van der Waals surface area contributed by atoms with E-state index in [1.54, 1.807) is 18.2 Å². The van der Waals surface area contributed by atoms with Gasteiger partial charge in [0.2, 0.25) is 23.6 Å². The summed E-state index contributed by atoms with van der Waals surface area (Å²) in [6.45, 7) is 0. The van der Waals surface area contributed by atoms with Crippen LogP contribution in [0.15, 0.2) is 66.2 Å². The molecule has 7 rings (SSSR count). The van der Waals surface area contributed by atoms with Gasteiger partial charge >= 0.3 is 11.9 Å². The van der Waals surface area contributed by atoms with E-state index in [1.807, 2.05) is 0 Å². The van der Waals surface area contributed by atoms with Gasteiger partial charge in [0.25, 0.3) is 0 Å². The summed E-state index contributed by atoms with van der Waals surface area (Å²) in [4.78, 5) is 81.1. The molecule has 4 aliphatic rings. The molecule has 2 saturated heterocycles. The first-order chi connectivity index (χ1) is 23.3. The van der Waals surface area contributed by atoms with E-state index < -0.39 is 93.7 Å². The van der Waals surface area contributed by atoms with Gasteiger partial charge in [-0.25, -0.2) is 19.4 Å². The number of amides is 4. The number of imide groups is 2. The average molecular weight is 669 g/mol. The van der Waals surface area contributed by atoms with Crippen molar-refractivity contribution in [2.75, 3.05) is 16.9 Å². The fraction of sp³-hybridized carbons (Fsp3) is 0.257. The summed E-state index contributed by atoms with van der Waals surface area (Å²) < 4.78 is 5.33. The zero-order chi connectivity index (χ0) is 35.0. The van der Waals surface area contributed by atoms with Gasteiger partial charge in [-0.3, -0.25) is 19.2 Å². The van der Waals surface area contributed by atoms with Gasteiger partial charge < -0.3 is 30.3 Å². The van der Waals surface area contributed by atoms with Crippen LogP contribution in [0.25, 0.3) is 0 Å². The number of carbonyl (C=O) groups is 6. The van der Waals surface area contributed by atoms with Crippen LogP contribution in [0.3, 0.4) is 0 Å². The predicted molar refractivity (Wildman–Crippen MR) is 167 cm³/mol. The zero-order valence-electron chi connectivity index (χ0n) is 25.6. The van der Waals surface area contributed by atoms with Crippen LogP contribution in [-0.4, -0.2) is 68.2 Å². The van der Waals surface area contributed by atoms with E-state index >= 15 is 0 Å². The normalized spacial score (nSPS) is 25.9. The number of phenolic OH excluding ortho intramolecular Hbond substituents is 1. The van der Waals surface area contributed by atoms with E-state index in [4.69, 9.17) is 4.74 Å². The second-order valence-electron chi connectivity index (χ2n) is 12.5. The minimum atomic E-state index is -1.40. The monoisotopic (exact) mass is 668 g/mol. The van der Waals surface area contributed by atoms with E-state index in [1.165, 1.54) is 25.3 Å². The highest BCUT2D eigenvalue weighted by Crippen LogP contribution is 2.59. The van der Waals surface area contributed by atoms with E-state index in [9.17, 15) is 54.3 Å². The Hall–Kier alpha value is -6.18. The summed E-state index contributed by atoms with van der Waals surface area (Å²) >= 11 is 0. The molecule has 3 aromatic carbocycles. The van der Waals surface area contributed by atoms with Gasteiger partial charge in [-0.2, -0.15) is 0 Å². The SMILES string of the molecule is COc1cc([C@H]2C3=CC[C@@H]4C(=O)N(c5ccc(C(=O)O)c(O)c5)C(=O)[C@@H]4[C@@H]3C[C@H]3C(=O)N(c4ccc(C(=O)O)c(O)c4)C(=O)[C@@H]23)ccc1O. The lowest BCUT2D eigenvalue weighted by molar-refractivity contribution is -0.126. The molecule has 2 aliphatic carbocycles. The second kappa shape index (κ2) is 11.2. The summed E-state index contributed by atoms with van der Waals surface area (Å²) in [5.74, 6) is -11.8. The molecular weight excluding hydrogens is 640 g/mol. The molecular formula is C35H28N2O12. The van der Waals surface area contributed by atoms with Gasteiger partial charge in [0, 0.05) is 18.1 Å². The summed E-state index contributed by atoms with van der Waals surface area (Å²) in [7, 11) is 1.35. The van der Waals surface area contributed by atoms with Crippen molar-refractivity contribution in [2.45, 2.75) is 18.8 Å². The van der Waals surface area contributed by atoms with Crippen LogP contribution in [0.1, 0.15) is 45.0 Å². The van der Waals surface area contributed by atoms with Crippen LogP contribution < -0.4 is 14.5 Å². The topological polar surface area (TPSA) is 219 Å². The number of rotatable bonds is 6. The number of aromatic carboxylic acids is 2. The van der Waals surface area contributed by atoms with Crippen LogP contribution in [0.2, 0.25) is 0 Å². The number of nitrogens with zero attached hydrogens (tertiary/aromatic N) is 2. The number of carboxylic acids is 2. The predicted octanol–water partition coefficient (Wildman–Crippen LogP) is 3.25. The van der Waals surface area contributed by atoms with Crippen LogP contribution in [0, 0.1) is 29.6 Å². The van der Waals surface area contributed by atoms with E-state index in [2.05, 4.69) is 0 Å². The number of carboxylic acid groups (broad SMARTS) is 2. The Labute approximate surface area is 277 Å². The summed E-state index contributed by atoms with van der Waals surface area (Å²) in [5, 5.41) is 49.7. The largest absolute Gasteiger partial charge is 0.507 e. The molecule has 0 unspecified atom stereocenters. The summed E-state index contributed by atoms with van der Waals surface area (Å²) in [6.07, 6.45) is 1.94. The number of benzene rings is 3. The molecule has 2 heterocycles. The number of carbonyl (C=O) groups excluding carboxylic acids is 4. The number of hydrogen-bond acceptors (Lipinski definition) is 10. The Kier molecular flexibility index (Phi) is 7.19. The first kappa shape index (κ1) is 31.4. The summed E-state index contributed by atoms with van der Waals surface area (Å²) in [6, 6.07) is 11.3. The first-order valence-corrected chi connectivity index (χ1v) is 15.3. The van der Waals surface area contributed by atoms with Gasteiger partial charge in [0.05, 0.1) is 42.2 Å². The van der Waals surface area contributed by atoms with Gasteiger partial charge in [-0.15, -0.1) is 0 Å². The van der Waals surface area contributed by atoms with Gasteiger partial charge in [0.1, 0.15) is 22.6 Å². The van der Waals surface area contributed by atoms with Crippen LogP contribution in [0.5, 0.6) is 23.0 Å². The van der Waals surface area contributed by atoms with E-state index in [0.29, 0.717) is 11.1 Å². The van der Waals surface area contributed by atoms with Crippen molar-refractivity contribution in [3.05, 3.63) is 82.9 Å². The maximum atomic E-state index is 14.3. The molecule has 1 saturated carbocycles. The number of aromatic hydroxyl groups is 3. The molecule has 2 aliphatic heterocycles. The molecule has 14 heteroatoms. The van der Waals surface area contributed by atoms with E-state index in [-0.39, 0.29) is 35.7 Å². The number of fused-ring (bicyclic) bond motifs is 4. The number of anilines is 2. The molecule has 3 fully saturated rings. The minimum Gasteiger partial charge on any atom is -0.507 e. The highest BCUT2D eigenvalue weighted by molar-refractivity contribution is 6.24. The number of hydrogen-bond donors (Lipinski definition) is 5. The Morgan fingerprint density at radius 3 is 1.76 bits per heavy atom. The highest BCUT2D eigenvalue weighted by Gasteiger charge is 2.62. The van der Waals surface area contributed by atoms with Crippen molar-refractivity contribution in [1.29, 1.82) is 0 Å². The fourth-order valence-corrected chi connectivity index (χ4v) is 8.04. The number of allylic oxidation sites excluding steroid dienone is 2. The molecule has 0 bridgehead atoms. The molecule has 4 amide bonds. The molecule has 5 N–H and O–H groups in total. The van der Waals surface area contributed by atoms with Crippen molar-refractivity contribution in [1.82, 2.24) is 0 Å². The molecule has 250 valence electrons. The molecule has 0 aromatic heterocycles. The Bertz CT molecular complexity index is 2050. The van der Waals surface area contributed by atoms with Gasteiger partial charge in [-0.05, 0) is 60.7 Å². The molecule has 0 radical (unpaired) electrons. The van der Waals surface area contributed by atoms with Gasteiger partial charge in [0.15, 0.2) is 11.5 Å². The maximum absolute atomic E-state index is 14.3. The standard InChI is InChI=1S/C35H28N2O12/c1-49-26-10-14(2-9-23(26)38)27-17-7-8-20-28(32(43)36(30(20)41)15-3-5-18(34(45)46)24(39)11-15)21(17)13-22-29(27)33(44)37(31(22)42)16-4-6-19(35(47)48)25(40)12-16/h2-7,9-12,20-22,27-29,38-40H,8,13H2,1H3,(H,45,46)(H,47,48)/t20-,21+,22+,27-,28-,29+/m0/s1. The van der Waals surface area contributed by atoms with Crippen molar-refractivity contribution < 1.29 is 59.0 Å². The zero-order valence-corrected chi connectivity index (χ0v) is 25.6. The fourth-order valence-electron chi connectivity index (χ4n) is 8.04. The Morgan fingerprint density at radius 2 is 1.22 bits per heavy atom. The lowest BCUT2D eigenvalue weighted by Gasteiger charge is -2.44. The third kappa shape index (κ3) is 4.62. The molecule has 0 spiro atoms. The van der Waals surface area contributed by atoms with Crippen molar-refractivity contribution >= 4 is 46.9 Å². The lowest BCUT2D eigenvalue weighted by Crippen LogP contribution is -2.43. The smallest absolute Gasteiger partial charge is 0.339 e. The Morgan fingerprint density at radius 1 is 0.673 bits per heavy atom. The van der Waals surface area contributed by atoms with Crippen LogP contribution in [0.4, 0.5) is 11.4 Å². The third-order valence-electron chi connectivity index (χ3n) is 10.2. The second-order valence-corrected chi connectivity index (χ2v) is 12.5. The number of methoxy groups -OCH3 is 1. The lowest BCUT2D eigenvalue weighted by atomic mass is 9.57. The van der Waals surface area contributed by atoms with Crippen molar-refractivity contribution in [3.8, 4) is 23.0 Å². The minimum absolute atomic E-state index is 0.00938. The van der Waals surface area contributed by atoms with Crippen LogP contribution >= 0.6 is 0 Å². The molecule has 6 atom stereocenters. The number of phenols is 3. The highest BCUT2D eigenvalue weighted by atomic mass is 16.5. The third-order valence-corrected chi connectivity index (χ3v) is 10.2. The molecule has 3 aromatic rings. The van der Waals surface area contributed by atoms with E-state index in [0.717, 1.165) is 34.1 Å². The molecule has 14 nitrogen and oxygen atoms in total. The Balaban J connectivity index is 1.32. The van der Waals surface area contributed by atoms with Gasteiger partial charge in [-0.1, -0.05) is 17.7 Å². The van der Waals surface area contributed by atoms with Crippen LogP contribution in [-0.2, 0) is 19.2 Å². The number of ether oxygens (including phenoxy) is 1. The van der Waals surface area contributed by atoms with Crippen molar-refractivity contribution in [3.63, 3.8) is 0 Å². The first-order valence-electron chi connectivity index (χ1n) is 15.3. The van der Waals surface area contributed by atoms with Crippen molar-refractivity contribution in [2.24, 2.45) is 29.6 Å². The summed E-state index contributed by atoms with van der Waals surface area (Å²) in [5.41, 5.74) is 0.283. The average Bonchev–Trinajstić information content (AvgIpc) is 3.47. The molecule has 49 heavy (non-hydrogen) atoms. The quantitative estimate of drug-likeness (QED) is 0.189.